The molecular formula is C16H25N5. The first-order valence-corrected chi connectivity index (χ1v) is 7.82. The molecule has 114 valence electrons. The van der Waals surface area contributed by atoms with Crippen molar-refractivity contribution in [2.75, 3.05) is 25.9 Å². The lowest BCUT2D eigenvalue weighted by Gasteiger charge is -2.29. The Balaban J connectivity index is 1.81. The van der Waals surface area contributed by atoms with E-state index in [1.807, 2.05) is 0 Å². The number of nitrogens with two attached hydrogens (primary N) is 1. The number of fused-ring (bicyclic) bond motifs is 1. The zero-order chi connectivity index (χ0) is 15.0. The lowest BCUT2D eigenvalue weighted by molar-refractivity contribution is 0.208. The number of anilines is 1. The molecule has 21 heavy (non-hydrogen) atoms. The van der Waals surface area contributed by atoms with Crippen molar-refractivity contribution >= 4 is 16.9 Å². The smallest absolute Gasteiger partial charge is 0.145 e. The number of rotatable bonds is 3. The Labute approximate surface area is 126 Å². The molecule has 1 aliphatic rings. The monoisotopic (exact) mass is 287 g/mol. The second-order valence-corrected chi connectivity index (χ2v) is 6.35. The maximum Gasteiger partial charge on any atom is 0.145 e. The highest BCUT2D eigenvalue weighted by atomic mass is 15.1. The summed E-state index contributed by atoms with van der Waals surface area (Å²) in [6.07, 6.45) is 5.42. The van der Waals surface area contributed by atoms with Gasteiger partial charge in [-0.15, -0.1) is 0 Å². The van der Waals surface area contributed by atoms with Gasteiger partial charge in [-0.05, 0) is 64.7 Å². The standard InChI is InChI=1S/C16H25N5/c1-11-12(2)21(16-14(11)15(17)18-10-19-16)9-6-13-4-7-20(3)8-5-13/h10,13H,4-9H2,1-3H3,(H2,17,18,19). The number of piperidine rings is 1. The van der Waals surface area contributed by atoms with Crippen LogP contribution in [0.25, 0.3) is 11.0 Å². The van der Waals surface area contributed by atoms with Crippen molar-refractivity contribution < 1.29 is 0 Å². The van der Waals surface area contributed by atoms with Crippen LogP contribution in [0.2, 0.25) is 0 Å². The minimum Gasteiger partial charge on any atom is -0.383 e. The molecule has 2 aromatic rings. The fourth-order valence-corrected chi connectivity index (χ4v) is 3.43. The van der Waals surface area contributed by atoms with E-state index in [2.05, 4.69) is 40.3 Å². The van der Waals surface area contributed by atoms with Crippen LogP contribution in [0.3, 0.4) is 0 Å². The first-order valence-electron chi connectivity index (χ1n) is 7.82. The minimum atomic E-state index is 0.596. The Kier molecular flexibility index (Phi) is 3.85. The quantitative estimate of drug-likeness (QED) is 0.941. The average Bonchev–Trinajstić information content (AvgIpc) is 2.72. The molecule has 3 heterocycles. The molecule has 0 aromatic carbocycles. The van der Waals surface area contributed by atoms with Crippen LogP contribution in [0, 0.1) is 19.8 Å². The van der Waals surface area contributed by atoms with Gasteiger partial charge in [-0.1, -0.05) is 0 Å². The Bertz CT molecular complexity index is 638. The van der Waals surface area contributed by atoms with Crippen molar-refractivity contribution in [3.8, 4) is 0 Å². The van der Waals surface area contributed by atoms with Crippen molar-refractivity contribution in [3.05, 3.63) is 17.6 Å². The Morgan fingerprint density at radius 2 is 1.95 bits per heavy atom. The zero-order valence-electron chi connectivity index (χ0n) is 13.3. The number of hydrogen-bond acceptors (Lipinski definition) is 4. The van der Waals surface area contributed by atoms with E-state index in [9.17, 15) is 0 Å². The first kappa shape index (κ1) is 14.3. The third-order valence-electron chi connectivity index (χ3n) is 5.03. The van der Waals surface area contributed by atoms with Gasteiger partial charge in [0.25, 0.3) is 0 Å². The molecular weight excluding hydrogens is 262 g/mol. The van der Waals surface area contributed by atoms with Crippen molar-refractivity contribution in [1.29, 1.82) is 0 Å². The summed E-state index contributed by atoms with van der Waals surface area (Å²) in [5, 5.41) is 1.03. The highest BCUT2D eigenvalue weighted by Gasteiger charge is 2.19. The highest BCUT2D eigenvalue weighted by Crippen LogP contribution is 2.28. The van der Waals surface area contributed by atoms with Crippen LogP contribution in [-0.4, -0.2) is 39.6 Å². The van der Waals surface area contributed by atoms with Crippen LogP contribution >= 0.6 is 0 Å². The topological polar surface area (TPSA) is 60.0 Å². The molecule has 0 unspecified atom stereocenters. The van der Waals surface area contributed by atoms with Gasteiger partial charge in [0.05, 0.1) is 5.39 Å². The molecule has 1 fully saturated rings. The minimum absolute atomic E-state index is 0.596. The van der Waals surface area contributed by atoms with Crippen molar-refractivity contribution in [3.63, 3.8) is 0 Å². The van der Waals surface area contributed by atoms with Gasteiger partial charge in [0.15, 0.2) is 0 Å². The molecule has 2 N–H and O–H groups in total. The SMILES string of the molecule is Cc1c(C)n(CCC2CCN(C)CC2)c2ncnc(N)c12. The van der Waals surface area contributed by atoms with Crippen LogP contribution < -0.4 is 5.73 Å². The molecule has 1 saturated heterocycles. The largest absolute Gasteiger partial charge is 0.383 e. The van der Waals surface area contributed by atoms with Gasteiger partial charge in [-0.3, -0.25) is 0 Å². The summed E-state index contributed by atoms with van der Waals surface area (Å²) in [5.74, 6) is 1.43. The number of hydrogen-bond donors (Lipinski definition) is 1. The van der Waals surface area contributed by atoms with E-state index in [1.54, 1.807) is 6.33 Å². The number of aryl methyl sites for hydroxylation is 2. The van der Waals surface area contributed by atoms with Gasteiger partial charge >= 0.3 is 0 Å². The zero-order valence-corrected chi connectivity index (χ0v) is 13.3. The van der Waals surface area contributed by atoms with Crippen LogP contribution in [-0.2, 0) is 6.54 Å². The maximum atomic E-state index is 6.02. The summed E-state index contributed by atoms with van der Waals surface area (Å²) in [6.45, 7) is 7.75. The van der Waals surface area contributed by atoms with Crippen LogP contribution in [0.15, 0.2) is 6.33 Å². The predicted molar refractivity (Wildman–Crippen MR) is 86.3 cm³/mol. The molecule has 0 aliphatic carbocycles. The lowest BCUT2D eigenvalue weighted by atomic mass is 9.94. The lowest BCUT2D eigenvalue weighted by Crippen LogP contribution is -2.30. The molecule has 1 aliphatic heterocycles. The molecule has 5 heteroatoms. The molecule has 0 amide bonds. The summed E-state index contributed by atoms with van der Waals surface area (Å²) in [6, 6.07) is 0. The van der Waals surface area contributed by atoms with Gasteiger partial charge in [0, 0.05) is 12.2 Å². The summed E-state index contributed by atoms with van der Waals surface area (Å²) < 4.78 is 2.32. The molecule has 0 atom stereocenters. The van der Waals surface area contributed by atoms with Gasteiger partial charge in [-0.2, -0.15) is 0 Å². The second kappa shape index (κ2) is 5.64. The van der Waals surface area contributed by atoms with Crippen LogP contribution in [0.1, 0.15) is 30.5 Å². The van der Waals surface area contributed by atoms with E-state index in [-0.39, 0.29) is 0 Å². The molecule has 5 nitrogen and oxygen atoms in total. The summed E-state index contributed by atoms with van der Waals surface area (Å²) in [7, 11) is 2.21. The summed E-state index contributed by atoms with van der Waals surface area (Å²) in [4.78, 5) is 11.0. The predicted octanol–water partition coefficient (Wildman–Crippen LogP) is 2.36. The fraction of sp³-hybridized carbons (Fsp3) is 0.625. The van der Waals surface area contributed by atoms with E-state index in [1.165, 1.54) is 43.6 Å². The van der Waals surface area contributed by atoms with Gasteiger partial charge in [0.2, 0.25) is 0 Å². The fourth-order valence-electron chi connectivity index (χ4n) is 3.43. The van der Waals surface area contributed by atoms with E-state index in [0.29, 0.717) is 5.82 Å². The normalized spacial score (nSPS) is 17.7. The van der Waals surface area contributed by atoms with Crippen molar-refractivity contribution in [2.45, 2.75) is 39.7 Å². The maximum absolute atomic E-state index is 6.02. The highest BCUT2D eigenvalue weighted by molar-refractivity contribution is 5.90. The molecule has 0 saturated carbocycles. The van der Waals surface area contributed by atoms with E-state index in [4.69, 9.17) is 5.73 Å². The number of nitrogens with zero attached hydrogens (tertiary/aromatic N) is 4. The molecule has 0 spiro atoms. The molecule has 0 bridgehead atoms. The van der Waals surface area contributed by atoms with E-state index < -0.39 is 0 Å². The number of likely N-dealkylation sites (tertiary alicyclic amines) is 1. The second-order valence-electron chi connectivity index (χ2n) is 6.35. The molecule has 3 rings (SSSR count). The van der Waals surface area contributed by atoms with Crippen LogP contribution in [0.4, 0.5) is 5.82 Å². The van der Waals surface area contributed by atoms with Crippen molar-refractivity contribution in [1.82, 2.24) is 19.4 Å². The molecule has 2 aromatic heterocycles. The third-order valence-corrected chi connectivity index (χ3v) is 5.03. The summed E-state index contributed by atoms with van der Waals surface area (Å²) >= 11 is 0. The van der Waals surface area contributed by atoms with Gasteiger partial charge in [-0.25, -0.2) is 9.97 Å². The Morgan fingerprint density at radius 1 is 1.24 bits per heavy atom. The number of nitrogen functional groups attached to an aromatic ring is 1. The Hall–Kier alpha value is -1.62. The average molecular weight is 287 g/mol. The van der Waals surface area contributed by atoms with Gasteiger partial charge < -0.3 is 15.2 Å². The molecule has 0 radical (unpaired) electrons. The van der Waals surface area contributed by atoms with Gasteiger partial charge in [0.1, 0.15) is 17.8 Å². The number of aromatic nitrogens is 3. The first-order chi connectivity index (χ1) is 10.1. The Morgan fingerprint density at radius 3 is 2.67 bits per heavy atom. The van der Waals surface area contributed by atoms with E-state index >= 15 is 0 Å². The van der Waals surface area contributed by atoms with Crippen LogP contribution in [0.5, 0.6) is 0 Å². The van der Waals surface area contributed by atoms with E-state index in [0.717, 1.165) is 23.5 Å². The van der Waals surface area contributed by atoms with Crippen molar-refractivity contribution in [2.24, 2.45) is 5.92 Å². The third kappa shape index (κ3) is 2.62. The summed E-state index contributed by atoms with van der Waals surface area (Å²) in [5.41, 5.74) is 9.50.